The van der Waals surface area contributed by atoms with E-state index >= 15 is 0 Å². The summed E-state index contributed by atoms with van der Waals surface area (Å²) in [5, 5.41) is 2.35. The average molecular weight is 197 g/mol. The van der Waals surface area contributed by atoms with Gasteiger partial charge in [-0.05, 0) is 22.4 Å². The maximum Gasteiger partial charge on any atom is 0.242 e. The fourth-order valence-corrected chi connectivity index (χ4v) is 1.45. The van der Waals surface area contributed by atoms with Crippen molar-refractivity contribution in [3.8, 4) is 0 Å². The molecule has 0 bridgehead atoms. The highest BCUT2D eigenvalue weighted by molar-refractivity contribution is 5.94. The summed E-state index contributed by atoms with van der Waals surface area (Å²) < 4.78 is 0. The minimum Gasteiger partial charge on any atom is -0.273 e. The standard InChI is InChI=1S/C13H11NO/c1-10(15)14-9-11-6-7-12-4-2-3-5-13(12)8-11/h2-9H,1H3/b14-9+. The molecule has 2 aromatic carbocycles. The van der Waals surface area contributed by atoms with Gasteiger partial charge in [-0.3, -0.25) is 4.79 Å². The summed E-state index contributed by atoms with van der Waals surface area (Å²) in [4.78, 5) is 14.4. The second kappa shape index (κ2) is 4.05. The number of carbonyl (C=O) groups is 1. The molecule has 0 aliphatic rings. The Labute approximate surface area is 88.3 Å². The Balaban J connectivity index is 2.43. The minimum absolute atomic E-state index is 0.178. The van der Waals surface area contributed by atoms with Crippen LogP contribution < -0.4 is 0 Å². The van der Waals surface area contributed by atoms with Crippen LogP contribution in [0.25, 0.3) is 10.8 Å². The predicted octanol–water partition coefficient (Wildman–Crippen LogP) is 2.81. The van der Waals surface area contributed by atoms with Crippen LogP contribution in [0.4, 0.5) is 0 Å². The van der Waals surface area contributed by atoms with Gasteiger partial charge < -0.3 is 0 Å². The highest BCUT2D eigenvalue weighted by Gasteiger charge is 1.93. The van der Waals surface area contributed by atoms with Crippen molar-refractivity contribution in [3.63, 3.8) is 0 Å². The summed E-state index contributed by atoms with van der Waals surface area (Å²) in [5.41, 5.74) is 0.948. The fourth-order valence-electron chi connectivity index (χ4n) is 1.45. The van der Waals surface area contributed by atoms with E-state index in [1.807, 2.05) is 36.4 Å². The summed E-state index contributed by atoms with van der Waals surface area (Å²) in [6.07, 6.45) is 1.59. The van der Waals surface area contributed by atoms with Crippen LogP contribution in [0.2, 0.25) is 0 Å². The first kappa shape index (κ1) is 9.59. The Morgan fingerprint density at radius 1 is 1.13 bits per heavy atom. The van der Waals surface area contributed by atoms with E-state index in [4.69, 9.17) is 0 Å². The molecule has 2 rings (SSSR count). The van der Waals surface area contributed by atoms with Crippen molar-refractivity contribution < 1.29 is 4.79 Å². The summed E-state index contributed by atoms with van der Waals surface area (Å²) in [6.45, 7) is 1.44. The Morgan fingerprint density at radius 3 is 2.60 bits per heavy atom. The van der Waals surface area contributed by atoms with Gasteiger partial charge in [-0.25, -0.2) is 4.99 Å². The lowest BCUT2D eigenvalue weighted by atomic mass is 10.1. The van der Waals surface area contributed by atoms with Gasteiger partial charge in [-0.2, -0.15) is 0 Å². The number of benzene rings is 2. The number of rotatable bonds is 1. The molecular formula is C13H11NO. The third kappa shape index (κ3) is 2.29. The van der Waals surface area contributed by atoms with Crippen molar-refractivity contribution in [2.45, 2.75) is 6.92 Å². The van der Waals surface area contributed by atoms with Crippen LogP contribution in [-0.4, -0.2) is 12.1 Å². The van der Waals surface area contributed by atoms with Gasteiger partial charge in [0, 0.05) is 13.1 Å². The van der Waals surface area contributed by atoms with E-state index < -0.39 is 0 Å². The molecule has 0 N–H and O–H groups in total. The van der Waals surface area contributed by atoms with Gasteiger partial charge >= 0.3 is 0 Å². The monoisotopic (exact) mass is 197 g/mol. The molecular weight excluding hydrogens is 186 g/mol. The first-order chi connectivity index (χ1) is 7.25. The highest BCUT2D eigenvalue weighted by atomic mass is 16.1. The van der Waals surface area contributed by atoms with E-state index in [0.717, 1.165) is 10.9 Å². The Bertz CT molecular complexity index is 529. The molecule has 0 saturated heterocycles. The molecule has 0 heterocycles. The van der Waals surface area contributed by atoms with Crippen LogP contribution in [-0.2, 0) is 4.79 Å². The maximum atomic E-state index is 10.7. The van der Waals surface area contributed by atoms with Crippen molar-refractivity contribution in [1.82, 2.24) is 0 Å². The topological polar surface area (TPSA) is 29.4 Å². The Hall–Kier alpha value is -1.96. The third-order valence-corrected chi connectivity index (χ3v) is 2.17. The number of aliphatic imine (C=N–C) groups is 1. The first-order valence-corrected chi connectivity index (χ1v) is 4.79. The highest BCUT2D eigenvalue weighted by Crippen LogP contribution is 2.14. The van der Waals surface area contributed by atoms with E-state index in [1.165, 1.54) is 12.3 Å². The van der Waals surface area contributed by atoms with E-state index in [-0.39, 0.29) is 5.91 Å². The lowest BCUT2D eigenvalue weighted by molar-refractivity contribution is -0.115. The number of carbonyl (C=O) groups excluding carboxylic acids is 1. The summed E-state index contributed by atoms with van der Waals surface area (Å²) in [5.74, 6) is -0.178. The zero-order valence-electron chi connectivity index (χ0n) is 8.47. The molecule has 0 aliphatic heterocycles. The van der Waals surface area contributed by atoms with E-state index in [1.54, 1.807) is 6.21 Å². The largest absolute Gasteiger partial charge is 0.273 e. The molecule has 0 saturated carbocycles. The second-order valence-electron chi connectivity index (χ2n) is 3.38. The number of amides is 1. The van der Waals surface area contributed by atoms with Crippen molar-refractivity contribution in [1.29, 1.82) is 0 Å². The average Bonchev–Trinajstić information content (AvgIpc) is 2.26. The summed E-state index contributed by atoms with van der Waals surface area (Å²) >= 11 is 0. The summed E-state index contributed by atoms with van der Waals surface area (Å²) in [7, 11) is 0. The molecule has 0 aromatic heterocycles. The molecule has 2 nitrogen and oxygen atoms in total. The van der Waals surface area contributed by atoms with Crippen LogP contribution >= 0.6 is 0 Å². The van der Waals surface area contributed by atoms with Crippen LogP contribution in [0, 0.1) is 0 Å². The zero-order valence-corrected chi connectivity index (χ0v) is 8.47. The molecule has 0 spiro atoms. The quantitative estimate of drug-likeness (QED) is 0.646. The van der Waals surface area contributed by atoms with E-state index in [2.05, 4.69) is 11.1 Å². The van der Waals surface area contributed by atoms with Crippen molar-refractivity contribution in [3.05, 3.63) is 48.0 Å². The first-order valence-electron chi connectivity index (χ1n) is 4.79. The van der Waals surface area contributed by atoms with Gasteiger partial charge in [0.2, 0.25) is 5.91 Å². The number of hydrogen-bond donors (Lipinski definition) is 0. The van der Waals surface area contributed by atoms with Gasteiger partial charge in [-0.15, -0.1) is 0 Å². The molecule has 0 fully saturated rings. The molecule has 0 atom stereocenters. The fraction of sp³-hybridized carbons (Fsp3) is 0.0769. The molecule has 1 amide bonds. The molecule has 2 aromatic rings. The van der Waals surface area contributed by atoms with Crippen molar-refractivity contribution >= 4 is 22.9 Å². The molecule has 0 radical (unpaired) electrons. The van der Waals surface area contributed by atoms with Crippen LogP contribution in [0.3, 0.4) is 0 Å². The van der Waals surface area contributed by atoms with Crippen LogP contribution in [0.15, 0.2) is 47.5 Å². The van der Waals surface area contributed by atoms with Gasteiger partial charge in [-0.1, -0.05) is 36.4 Å². The second-order valence-corrected chi connectivity index (χ2v) is 3.38. The summed E-state index contributed by atoms with van der Waals surface area (Å²) in [6, 6.07) is 14.1. The number of fused-ring (bicyclic) bond motifs is 1. The Kier molecular flexibility index (Phi) is 2.59. The smallest absolute Gasteiger partial charge is 0.242 e. The molecule has 0 unspecified atom stereocenters. The number of hydrogen-bond acceptors (Lipinski definition) is 1. The van der Waals surface area contributed by atoms with E-state index in [9.17, 15) is 4.79 Å². The molecule has 0 aliphatic carbocycles. The maximum absolute atomic E-state index is 10.7. The lowest BCUT2D eigenvalue weighted by Crippen LogP contribution is -1.86. The SMILES string of the molecule is CC(=O)/N=C/c1ccc2ccccc2c1. The van der Waals surface area contributed by atoms with Gasteiger partial charge in [0.1, 0.15) is 0 Å². The van der Waals surface area contributed by atoms with E-state index in [0.29, 0.717) is 0 Å². The van der Waals surface area contributed by atoms with Gasteiger partial charge in [0.25, 0.3) is 0 Å². The van der Waals surface area contributed by atoms with Crippen LogP contribution in [0.1, 0.15) is 12.5 Å². The van der Waals surface area contributed by atoms with Gasteiger partial charge in [0.05, 0.1) is 0 Å². The zero-order chi connectivity index (χ0) is 10.7. The third-order valence-electron chi connectivity index (χ3n) is 2.17. The lowest BCUT2D eigenvalue weighted by Gasteiger charge is -1.97. The molecule has 15 heavy (non-hydrogen) atoms. The Morgan fingerprint density at radius 2 is 1.87 bits per heavy atom. The molecule has 74 valence electrons. The van der Waals surface area contributed by atoms with Gasteiger partial charge in [0.15, 0.2) is 0 Å². The predicted molar refractivity (Wildman–Crippen MR) is 62.2 cm³/mol. The van der Waals surface area contributed by atoms with Crippen molar-refractivity contribution in [2.75, 3.05) is 0 Å². The number of nitrogens with zero attached hydrogens (tertiary/aromatic N) is 1. The molecule has 2 heteroatoms. The van der Waals surface area contributed by atoms with Crippen LogP contribution in [0.5, 0.6) is 0 Å². The minimum atomic E-state index is -0.178. The normalized spacial score (nSPS) is 11.0. The van der Waals surface area contributed by atoms with Crippen molar-refractivity contribution in [2.24, 2.45) is 4.99 Å².